The zero-order valence-electron chi connectivity index (χ0n) is 7.77. The molecule has 1 aliphatic rings. The second-order valence-corrected chi connectivity index (χ2v) is 10.4. The van der Waals surface area contributed by atoms with Crippen LogP contribution in [-0.4, -0.2) is 22.9 Å². The summed E-state index contributed by atoms with van der Waals surface area (Å²) in [7, 11) is 1.97. The van der Waals surface area contributed by atoms with Gasteiger partial charge in [0.15, 0.2) is 0 Å². The molecule has 0 aromatic heterocycles. The van der Waals surface area contributed by atoms with Crippen LogP contribution < -0.4 is 5.09 Å². The predicted molar refractivity (Wildman–Crippen MR) is 62.6 cm³/mol. The lowest BCUT2D eigenvalue weighted by Crippen LogP contribution is -2.24. The molecule has 0 aliphatic carbocycles. The van der Waals surface area contributed by atoms with Gasteiger partial charge in [-0.1, -0.05) is 0 Å². The molecule has 0 radical (unpaired) electrons. The van der Waals surface area contributed by atoms with Gasteiger partial charge < -0.3 is 0 Å². The van der Waals surface area contributed by atoms with Crippen LogP contribution in [0, 0.1) is 0 Å². The summed E-state index contributed by atoms with van der Waals surface area (Å²) in [6, 6.07) is 0.451. The van der Waals surface area contributed by atoms with Crippen LogP contribution >= 0.6 is 29.6 Å². The lowest BCUT2D eigenvalue weighted by Gasteiger charge is -2.21. The molecule has 1 N–H and O–H groups in total. The normalized spacial score (nSPS) is 29.8. The van der Waals surface area contributed by atoms with Gasteiger partial charge in [0.05, 0.1) is 19.3 Å². The van der Waals surface area contributed by atoms with E-state index in [2.05, 4.69) is 36.3 Å². The third-order valence-electron chi connectivity index (χ3n) is 1.36. The van der Waals surface area contributed by atoms with E-state index in [9.17, 15) is 0 Å². The first-order valence-corrected chi connectivity index (χ1v) is 8.14. The first kappa shape index (κ1) is 10.6. The number of nitrogens with one attached hydrogen (secondary N) is 1. The first-order valence-electron chi connectivity index (χ1n) is 3.82. The maximum atomic E-state index is 4.65. The smallest absolute Gasteiger partial charge is 0.149 e. The van der Waals surface area contributed by atoms with E-state index in [1.165, 1.54) is 0 Å². The maximum Gasteiger partial charge on any atom is 0.315 e. The second-order valence-electron chi connectivity index (χ2n) is 3.03. The van der Waals surface area contributed by atoms with E-state index < -0.39 is 5.97 Å². The molecule has 70 valence electrons. The summed E-state index contributed by atoms with van der Waals surface area (Å²) in [4.78, 5) is 0. The van der Waals surface area contributed by atoms with E-state index in [0.29, 0.717) is 6.04 Å². The van der Waals surface area contributed by atoms with Crippen molar-refractivity contribution >= 4 is 34.6 Å². The molecule has 1 aliphatic heterocycles. The van der Waals surface area contributed by atoms with E-state index in [4.69, 9.17) is 0 Å². The second kappa shape index (κ2) is 3.74. The molecule has 12 heavy (non-hydrogen) atoms. The van der Waals surface area contributed by atoms with Crippen molar-refractivity contribution in [2.75, 3.05) is 7.05 Å². The van der Waals surface area contributed by atoms with Crippen molar-refractivity contribution in [3.8, 4) is 0 Å². The highest BCUT2D eigenvalue weighted by Crippen LogP contribution is 2.76. The average Bonchev–Trinajstić information content (AvgIpc) is 2.04. The third kappa shape index (κ3) is 2.28. The third-order valence-corrected chi connectivity index (χ3v) is 8.13. The van der Waals surface area contributed by atoms with Crippen molar-refractivity contribution in [1.29, 1.82) is 0 Å². The molecule has 1 rings (SSSR count). The van der Waals surface area contributed by atoms with Gasteiger partial charge in [-0.25, -0.2) is 0 Å². The Hall–Kier alpha value is 0.560. The average molecular weight is 224 g/mol. The fourth-order valence-electron chi connectivity index (χ4n) is 0.972. The largest absolute Gasteiger partial charge is 0.315 e. The van der Waals surface area contributed by atoms with Gasteiger partial charge in [0.2, 0.25) is 0 Å². The predicted octanol–water partition coefficient (Wildman–Crippen LogP) is 2.60. The molecule has 0 aromatic rings. The number of nitrogens with zero attached hydrogens (tertiary/aromatic N) is 2. The topological polar surface area (TPSA) is 27.6 Å². The Morgan fingerprint density at radius 1 is 1.67 bits per heavy atom. The molecule has 0 amide bonds. The van der Waals surface area contributed by atoms with Gasteiger partial charge in [-0.05, 0) is 20.8 Å². The molecule has 0 spiro atoms. The fraction of sp³-hybridized carbons (Fsp3) is 0.833. The van der Waals surface area contributed by atoms with Crippen LogP contribution in [0.15, 0.2) is 5.10 Å². The van der Waals surface area contributed by atoms with Gasteiger partial charge in [-0.3, -0.25) is 0 Å². The van der Waals surface area contributed by atoms with Crippen molar-refractivity contribution in [3.05, 3.63) is 0 Å². The van der Waals surface area contributed by atoms with E-state index in [1.807, 2.05) is 18.8 Å². The SMILES string of the molecule is CC1=NN(C)[P+](S)(NC(C)C)S1. The van der Waals surface area contributed by atoms with Gasteiger partial charge >= 0.3 is 5.97 Å². The van der Waals surface area contributed by atoms with Crippen LogP contribution in [0.1, 0.15) is 20.8 Å². The van der Waals surface area contributed by atoms with Crippen molar-refractivity contribution in [1.82, 2.24) is 9.87 Å². The van der Waals surface area contributed by atoms with Gasteiger partial charge in [0.1, 0.15) is 16.4 Å². The number of rotatable bonds is 2. The Morgan fingerprint density at radius 2 is 2.25 bits per heavy atom. The molecular weight excluding hydrogens is 209 g/mol. The molecule has 0 aromatic carbocycles. The van der Waals surface area contributed by atoms with Crippen molar-refractivity contribution < 1.29 is 0 Å². The standard InChI is InChI=1S/C6H15N3PS2/c1-5(2)8-10(11)9(4)7-6(3)12-10/h5,8,11H,1-4H3/q+1. The molecular formula is C6H15N3PS2+. The Balaban J connectivity index is 2.63. The summed E-state index contributed by atoms with van der Waals surface area (Å²) in [5, 5.41) is 8.86. The molecule has 0 saturated carbocycles. The summed E-state index contributed by atoms with van der Waals surface area (Å²) in [5.74, 6) is -1.53. The lowest BCUT2D eigenvalue weighted by atomic mass is 10.4. The van der Waals surface area contributed by atoms with Crippen LogP contribution in [0.2, 0.25) is 0 Å². The zero-order chi connectivity index (χ0) is 9.35. The molecule has 1 unspecified atom stereocenters. The summed E-state index contributed by atoms with van der Waals surface area (Å²) in [5.41, 5.74) is 0. The molecule has 0 bridgehead atoms. The zero-order valence-corrected chi connectivity index (χ0v) is 10.4. The molecule has 0 fully saturated rings. The van der Waals surface area contributed by atoms with Crippen LogP contribution in [0.3, 0.4) is 0 Å². The van der Waals surface area contributed by atoms with Crippen molar-refractivity contribution in [3.63, 3.8) is 0 Å². The highest BCUT2D eigenvalue weighted by molar-refractivity contribution is 8.92. The first-order chi connectivity index (χ1) is 5.44. The van der Waals surface area contributed by atoms with E-state index in [-0.39, 0.29) is 0 Å². The molecule has 1 atom stereocenters. The van der Waals surface area contributed by atoms with Crippen LogP contribution in [0.25, 0.3) is 0 Å². The number of hydrogen-bond donors (Lipinski definition) is 2. The number of hydrazone groups is 1. The Labute approximate surface area is 83.7 Å². The number of hydrogen-bond acceptors (Lipinski definition) is 5. The molecule has 1 heterocycles. The minimum atomic E-state index is -1.53. The highest BCUT2D eigenvalue weighted by atomic mass is 33.1. The van der Waals surface area contributed by atoms with Gasteiger partial charge in [0, 0.05) is 6.04 Å². The van der Waals surface area contributed by atoms with E-state index >= 15 is 0 Å². The fourth-order valence-corrected chi connectivity index (χ4v) is 7.17. The molecule has 3 nitrogen and oxygen atoms in total. The molecule has 0 saturated heterocycles. The van der Waals surface area contributed by atoms with Crippen molar-refractivity contribution in [2.45, 2.75) is 26.8 Å². The van der Waals surface area contributed by atoms with E-state index in [1.54, 1.807) is 11.4 Å². The monoisotopic (exact) mass is 224 g/mol. The summed E-state index contributed by atoms with van der Waals surface area (Å²) in [6.07, 6.45) is 0. The minimum absolute atomic E-state index is 0.451. The summed E-state index contributed by atoms with van der Waals surface area (Å²) in [6.45, 7) is 6.27. The van der Waals surface area contributed by atoms with Gasteiger partial charge in [0.25, 0.3) is 0 Å². The lowest BCUT2D eigenvalue weighted by molar-refractivity contribution is 0.584. The maximum absolute atomic E-state index is 4.65. The summed E-state index contributed by atoms with van der Waals surface area (Å²) < 4.78 is 1.95. The minimum Gasteiger partial charge on any atom is -0.149 e. The molecule has 6 heteroatoms. The Kier molecular flexibility index (Phi) is 3.32. The van der Waals surface area contributed by atoms with Crippen LogP contribution in [-0.2, 0) is 0 Å². The van der Waals surface area contributed by atoms with Crippen molar-refractivity contribution in [2.24, 2.45) is 5.10 Å². The number of thiol groups is 1. The Morgan fingerprint density at radius 3 is 2.58 bits per heavy atom. The highest BCUT2D eigenvalue weighted by Gasteiger charge is 2.48. The quantitative estimate of drug-likeness (QED) is 0.558. The van der Waals surface area contributed by atoms with Gasteiger partial charge in [-0.15, -0.1) is 15.0 Å². The van der Waals surface area contributed by atoms with Gasteiger partial charge in [-0.2, -0.15) is 0 Å². The van der Waals surface area contributed by atoms with Crippen LogP contribution in [0.4, 0.5) is 0 Å². The summed E-state index contributed by atoms with van der Waals surface area (Å²) >= 11 is 6.39. The van der Waals surface area contributed by atoms with Crippen LogP contribution in [0.5, 0.6) is 0 Å². The van der Waals surface area contributed by atoms with E-state index in [0.717, 1.165) is 5.04 Å². The Bertz CT molecular complexity index is 209.